The van der Waals surface area contributed by atoms with E-state index < -0.39 is 6.29 Å². The molecule has 0 aromatic heterocycles. The average molecular weight is 147 g/mol. The predicted octanol–water partition coefficient (Wildman–Crippen LogP) is -0.0672. The van der Waals surface area contributed by atoms with Gasteiger partial charge in [0.1, 0.15) is 0 Å². The molecule has 0 aliphatic heterocycles. The maximum atomic E-state index is 8.43. The van der Waals surface area contributed by atoms with Crippen LogP contribution < -0.4 is 5.32 Å². The molecule has 0 saturated heterocycles. The maximum absolute atomic E-state index is 8.43. The minimum atomic E-state index is -1.17. The Balaban J connectivity index is 2.91. The summed E-state index contributed by atoms with van der Waals surface area (Å²) in [5.74, 6) is 0.621. The molecule has 0 bridgehead atoms. The van der Waals surface area contributed by atoms with E-state index in [0.29, 0.717) is 18.9 Å². The molecule has 0 unspecified atom stereocenters. The first-order valence-corrected chi connectivity index (χ1v) is 3.69. The second-order valence-corrected chi connectivity index (χ2v) is 2.87. The molecule has 62 valence electrons. The van der Waals surface area contributed by atoms with Crippen LogP contribution >= 0.6 is 0 Å². The largest absolute Gasteiger partial charge is 0.368 e. The van der Waals surface area contributed by atoms with Gasteiger partial charge >= 0.3 is 0 Å². The summed E-state index contributed by atoms with van der Waals surface area (Å²) >= 11 is 0. The zero-order valence-corrected chi connectivity index (χ0v) is 6.67. The number of aliphatic hydroxyl groups excluding tert-OH is 1. The van der Waals surface area contributed by atoms with Crippen LogP contribution in [0.25, 0.3) is 0 Å². The van der Waals surface area contributed by atoms with E-state index in [4.69, 9.17) is 10.2 Å². The molecule has 3 nitrogen and oxygen atoms in total. The molecule has 0 aromatic rings. The van der Waals surface area contributed by atoms with Gasteiger partial charge in [0.15, 0.2) is 6.29 Å². The number of hydrogen-bond acceptors (Lipinski definition) is 3. The third-order valence-electron chi connectivity index (χ3n) is 1.13. The van der Waals surface area contributed by atoms with Crippen LogP contribution in [0.4, 0.5) is 0 Å². The van der Waals surface area contributed by atoms with Crippen molar-refractivity contribution in [2.45, 2.75) is 26.6 Å². The molecule has 0 aromatic carbocycles. The first-order valence-electron chi connectivity index (χ1n) is 3.69. The molecule has 3 N–H and O–H groups in total. The van der Waals surface area contributed by atoms with Crippen LogP contribution in [0.15, 0.2) is 0 Å². The minimum absolute atomic E-state index is 0.409. The number of hydrogen-bond donors (Lipinski definition) is 3. The molecule has 0 aliphatic carbocycles. The highest BCUT2D eigenvalue weighted by Crippen LogP contribution is 1.88. The third kappa shape index (κ3) is 7.88. The van der Waals surface area contributed by atoms with Crippen molar-refractivity contribution < 1.29 is 10.2 Å². The summed E-state index contributed by atoms with van der Waals surface area (Å²) in [6, 6.07) is 0. The van der Waals surface area contributed by atoms with E-state index in [-0.39, 0.29) is 0 Å². The van der Waals surface area contributed by atoms with Crippen molar-refractivity contribution in [3.8, 4) is 0 Å². The lowest BCUT2D eigenvalue weighted by Gasteiger charge is -2.07. The van der Waals surface area contributed by atoms with E-state index >= 15 is 0 Å². The Labute approximate surface area is 62.1 Å². The van der Waals surface area contributed by atoms with E-state index in [1.165, 1.54) is 0 Å². The predicted molar refractivity (Wildman–Crippen MR) is 40.6 cm³/mol. The van der Waals surface area contributed by atoms with Crippen LogP contribution in [0, 0.1) is 5.92 Å². The monoisotopic (exact) mass is 147 g/mol. The molecule has 0 atom stereocenters. The zero-order valence-electron chi connectivity index (χ0n) is 6.67. The standard InChI is InChI=1S/C7H17NO2/c1-6(2)5-8-4-3-7(9)10/h6-10H,3-5H2,1-2H3. The highest BCUT2D eigenvalue weighted by molar-refractivity contribution is 4.51. The van der Waals surface area contributed by atoms with Crippen molar-refractivity contribution in [2.24, 2.45) is 5.92 Å². The summed E-state index contributed by atoms with van der Waals surface area (Å²) in [6.07, 6.45) is -0.758. The van der Waals surface area contributed by atoms with Crippen LogP contribution in [0.5, 0.6) is 0 Å². The fourth-order valence-corrected chi connectivity index (χ4v) is 0.622. The van der Waals surface area contributed by atoms with E-state index in [2.05, 4.69) is 19.2 Å². The van der Waals surface area contributed by atoms with Gasteiger partial charge in [0.25, 0.3) is 0 Å². The Kier molecular flexibility index (Phi) is 5.58. The van der Waals surface area contributed by atoms with Crippen molar-refractivity contribution in [2.75, 3.05) is 13.1 Å². The topological polar surface area (TPSA) is 52.5 Å². The fraction of sp³-hybridized carbons (Fsp3) is 1.00. The van der Waals surface area contributed by atoms with Crippen molar-refractivity contribution in [1.82, 2.24) is 5.32 Å². The van der Waals surface area contributed by atoms with Gasteiger partial charge in [0, 0.05) is 6.42 Å². The molecule has 3 heteroatoms. The molecule has 0 radical (unpaired) electrons. The van der Waals surface area contributed by atoms with Crippen LogP contribution in [0.2, 0.25) is 0 Å². The number of aliphatic hydroxyl groups is 2. The highest BCUT2D eigenvalue weighted by atomic mass is 16.5. The Morgan fingerprint density at radius 3 is 2.30 bits per heavy atom. The summed E-state index contributed by atoms with van der Waals surface area (Å²) in [4.78, 5) is 0. The molecule has 0 heterocycles. The quantitative estimate of drug-likeness (QED) is 0.377. The van der Waals surface area contributed by atoms with Gasteiger partial charge in [-0.25, -0.2) is 0 Å². The molecule has 0 fully saturated rings. The van der Waals surface area contributed by atoms with Crippen molar-refractivity contribution >= 4 is 0 Å². The van der Waals surface area contributed by atoms with Gasteiger partial charge in [-0.3, -0.25) is 0 Å². The summed E-state index contributed by atoms with van der Waals surface area (Å²) in [7, 11) is 0. The first-order chi connectivity index (χ1) is 4.63. The Morgan fingerprint density at radius 1 is 1.30 bits per heavy atom. The van der Waals surface area contributed by atoms with E-state index in [1.54, 1.807) is 0 Å². The van der Waals surface area contributed by atoms with Crippen molar-refractivity contribution in [3.05, 3.63) is 0 Å². The molecule has 0 saturated carbocycles. The Bertz CT molecular complexity index is 64.0. The molecular formula is C7H17NO2. The van der Waals surface area contributed by atoms with E-state index in [1.807, 2.05) is 0 Å². The third-order valence-corrected chi connectivity index (χ3v) is 1.13. The van der Waals surface area contributed by atoms with Gasteiger partial charge < -0.3 is 15.5 Å². The number of rotatable bonds is 5. The highest BCUT2D eigenvalue weighted by Gasteiger charge is 1.96. The molecular weight excluding hydrogens is 130 g/mol. The van der Waals surface area contributed by atoms with Crippen LogP contribution in [-0.2, 0) is 0 Å². The molecule has 0 spiro atoms. The first kappa shape index (κ1) is 9.88. The lowest BCUT2D eigenvalue weighted by atomic mass is 10.2. The SMILES string of the molecule is CC(C)CNCCC(O)O. The number of nitrogens with one attached hydrogen (secondary N) is 1. The van der Waals surface area contributed by atoms with Gasteiger partial charge in [0.05, 0.1) is 0 Å². The van der Waals surface area contributed by atoms with Gasteiger partial charge in [-0.15, -0.1) is 0 Å². The van der Waals surface area contributed by atoms with Crippen molar-refractivity contribution in [3.63, 3.8) is 0 Å². The van der Waals surface area contributed by atoms with Crippen molar-refractivity contribution in [1.29, 1.82) is 0 Å². The molecule has 0 rings (SSSR count). The van der Waals surface area contributed by atoms with E-state index in [9.17, 15) is 0 Å². The maximum Gasteiger partial charge on any atom is 0.152 e. The van der Waals surface area contributed by atoms with Gasteiger partial charge in [-0.05, 0) is 19.0 Å². The van der Waals surface area contributed by atoms with Crippen LogP contribution in [-0.4, -0.2) is 29.6 Å². The molecule has 0 aliphatic rings. The summed E-state index contributed by atoms with van der Waals surface area (Å²) in [6.45, 7) is 5.84. The molecule has 0 amide bonds. The lowest BCUT2D eigenvalue weighted by molar-refractivity contribution is -0.0444. The summed E-state index contributed by atoms with van der Waals surface area (Å²) < 4.78 is 0. The second kappa shape index (κ2) is 5.65. The minimum Gasteiger partial charge on any atom is -0.368 e. The van der Waals surface area contributed by atoms with Crippen LogP contribution in [0.3, 0.4) is 0 Å². The summed E-state index contributed by atoms with van der Waals surface area (Å²) in [5.41, 5.74) is 0. The van der Waals surface area contributed by atoms with E-state index in [0.717, 1.165) is 6.54 Å². The Morgan fingerprint density at radius 2 is 1.90 bits per heavy atom. The fourth-order valence-electron chi connectivity index (χ4n) is 0.622. The summed E-state index contributed by atoms with van der Waals surface area (Å²) in [5, 5.41) is 20.0. The lowest BCUT2D eigenvalue weighted by Crippen LogP contribution is -2.23. The van der Waals surface area contributed by atoms with Gasteiger partial charge in [-0.1, -0.05) is 13.8 Å². The van der Waals surface area contributed by atoms with Crippen LogP contribution in [0.1, 0.15) is 20.3 Å². The Hall–Kier alpha value is -0.120. The zero-order chi connectivity index (χ0) is 7.98. The van der Waals surface area contributed by atoms with Gasteiger partial charge in [0.2, 0.25) is 0 Å². The normalized spacial score (nSPS) is 11.4. The molecule has 10 heavy (non-hydrogen) atoms. The smallest absolute Gasteiger partial charge is 0.152 e. The average Bonchev–Trinajstić information content (AvgIpc) is 1.79. The second-order valence-electron chi connectivity index (χ2n) is 2.87. The van der Waals surface area contributed by atoms with Gasteiger partial charge in [-0.2, -0.15) is 0 Å².